The Balaban J connectivity index is 1.90. The first-order valence-electron chi connectivity index (χ1n) is 12.8. The minimum atomic E-state index is -0.968. The van der Waals surface area contributed by atoms with Crippen molar-refractivity contribution in [3.63, 3.8) is 0 Å². The van der Waals surface area contributed by atoms with Crippen LogP contribution in [0.5, 0.6) is 17.2 Å². The number of esters is 1. The maximum Gasteiger partial charge on any atom is 0.354 e. The fourth-order valence-corrected chi connectivity index (χ4v) is 5.34. The van der Waals surface area contributed by atoms with Crippen LogP contribution in [0.15, 0.2) is 17.7 Å². The summed E-state index contributed by atoms with van der Waals surface area (Å²) in [5.74, 6) is -1.58. The predicted octanol–water partition coefficient (Wildman–Crippen LogP) is 2.20. The molecule has 216 valence electrons. The topological polar surface area (TPSA) is 140 Å². The van der Waals surface area contributed by atoms with Gasteiger partial charge in [0, 0.05) is 37.4 Å². The number of morpholine rings is 1. The summed E-state index contributed by atoms with van der Waals surface area (Å²) < 4.78 is 26.8. The summed E-state index contributed by atoms with van der Waals surface area (Å²) in [6, 6.07) is 2.35. The Morgan fingerprint density at radius 2 is 1.65 bits per heavy atom. The Labute approximate surface area is 232 Å². The molecule has 3 heterocycles. The molecule has 1 amide bonds. The number of aliphatic hydroxyl groups excluding tert-OH is 1. The van der Waals surface area contributed by atoms with Crippen LogP contribution in [-0.4, -0.2) is 105 Å². The number of rotatable bonds is 9. The van der Waals surface area contributed by atoms with Crippen molar-refractivity contribution in [3.05, 3.63) is 45.8 Å². The highest BCUT2D eigenvalue weighted by Crippen LogP contribution is 2.46. The van der Waals surface area contributed by atoms with Crippen molar-refractivity contribution < 1.29 is 43.2 Å². The highest BCUT2D eigenvalue weighted by Gasteiger charge is 2.47. The van der Waals surface area contributed by atoms with E-state index in [4.69, 9.17) is 23.7 Å². The van der Waals surface area contributed by atoms with Gasteiger partial charge in [0.15, 0.2) is 11.5 Å². The number of aromatic nitrogens is 1. The minimum Gasteiger partial charge on any atom is -0.507 e. The number of amides is 1. The Kier molecular flexibility index (Phi) is 8.70. The number of Topliss-reactive ketones (excluding diaryl/α,β-unsaturated/α-hetero) is 1. The third kappa shape index (κ3) is 5.11. The van der Waals surface area contributed by atoms with E-state index < -0.39 is 29.5 Å². The van der Waals surface area contributed by atoms with Crippen LogP contribution in [-0.2, 0) is 19.1 Å². The van der Waals surface area contributed by atoms with Crippen molar-refractivity contribution in [1.82, 2.24) is 14.8 Å². The second-order valence-electron chi connectivity index (χ2n) is 9.52. The van der Waals surface area contributed by atoms with Crippen molar-refractivity contribution in [1.29, 1.82) is 0 Å². The van der Waals surface area contributed by atoms with Crippen molar-refractivity contribution in [2.24, 2.45) is 0 Å². The summed E-state index contributed by atoms with van der Waals surface area (Å²) >= 11 is 0. The molecule has 2 aliphatic heterocycles. The third-order valence-corrected chi connectivity index (χ3v) is 7.37. The van der Waals surface area contributed by atoms with Gasteiger partial charge in [-0.05, 0) is 37.1 Å². The van der Waals surface area contributed by atoms with Crippen LogP contribution in [0.4, 0.5) is 0 Å². The van der Waals surface area contributed by atoms with Crippen LogP contribution in [0.1, 0.15) is 38.9 Å². The largest absolute Gasteiger partial charge is 0.507 e. The predicted molar refractivity (Wildman–Crippen MR) is 144 cm³/mol. The van der Waals surface area contributed by atoms with Crippen molar-refractivity contribution in [3.8, 4) is 17.2 Å². The van der Waals surface area contributed by atoms with Crippen molar-refractivity contribution >= 4 is 23.4 Å². The lowest BCUT2D eigenvalue weighted by Crippen LogP contribution is -2.42. The number of hydrogen-bond donors (Lipinski definition) is 2. The first kappa shape index (κ1) is 29.0. The maximum atomic E-state index is 13.6. The van der Waals surface area contributed by atoms with Gasteiger partial charge in [0.25, 0.3) is 11.7 Å². The molecule has 2 aromatic rings. The molecule has 0 radical (unpaired) electrons. The molecule has 2 aliphatic rings. The summed E-state index contributed by atoms with van der Waals surface area (Å²) in [5, 5.41) is 11.7. The fraction of sp³-hybridized carbons (Fsp3) is 0.464. The van der Waals surface area contributed by atoms with Gasteiger partial charge in [-0.15, -0.1) is 0 Å². The molecule has 2 saturated heterocycles. The van der Waals surface area contributed by atoms with Gasteiger partial charge in [-0.25, -0.2) is 4.79 Å². The number of H-pyrrole nitrogens is 1. The van der Waals surface area contributed by atoms with E-state index in [9.17, 15) is 19.5 Å². The van der Waals surface area contributed by atoms with E-state index >= 15 is 0 Å². The van der Waals surface area contributed by atoms with Gasteiger partial charge in [-0.2, -0.15) is 0 Å². The average molecular weight is 558 g/mol. The lowest BCUT2D eigenvalue weighted by molar-refractivity contribution is -0.140. The number of hydrogen-bond acceptors (Lipinski definition) is 10. The highest BCUT2D eigenvalue weighted by molar-refractivity contribution is 6.46. The van der Waals surface area contributed by atoms with Gasteiger partial charge in [0.1, 0.15) is 11.5 Å². The Morgan fingerprint density at radius 1 is 1.02 bits per heavy atom. The minimum absolute atomic E-state index is 0.108. The number of benzene rings is 1. The summed E-state index contributed by atoms with van der Waals surface area (Å²) in [5.41, 5.74) is 1.61. The SMILES string of the molecule is COC(=O)c1[nH]c(C)c(/C(O)=C2\C(=O)C(=O)N(CCN3CCOCC3)[C@H]2c2cc(OC)c(OC)c(OC)c2)c1C. The van der Waals surface area contributed by atoms with Gasteiger partial charge in [-0.1, -0.05) is 0 Å². The first-order valence-corrected chi connectivity index (χ1v) is 12.8. The zero-order valence-corrected chi connectivity index (χ0v) is 23.6. The first-order chi connectivity index (χ1) is 19.2. The number of nitrogens with one attached hydrogen (secondary N) is 1. The molecule has 0 saturated carbocycles. The molecule has 2 N–H and O–H groups in total. The number of ether oxygens (including phenoxy) is 5. The number of methoxy groups -OCH3 is 4. The number of nitrogens with zero attached hydrogens (tertiary/aromatic N) is 2. The third-order valence-electron chi connectivity index (χ3n) is 7.37. The molecule has 12 heteroatoms. The van der Waals surface area contributed by atoms with Crippen molar-refractivity contribution in [2.75, 3.05) is 67.8 Å². The van der Waals surface area contributed by atoms with E-state index in [2.05, 4.69) is 9.88 Å². The Morgan fingerprint density at radius 3 is 2.20 bits per heavy atom. The average Bonchev–Trinajstić information content (AvgIpc) is 3.41. The normalized spacial score (nSPS) is 19.1. The summed E-state index contributed by atoms with van der Waals surface area (Å²) in [6.45, 7) is 6.61. The van der Waals surface area contributed by atoms with Gasteiger partial charge in [0.05, 0.1) is 53.3 Å². The van der Waals surface area contributed by atoms with Crippen LogP contribution in [0.2, 0.25) is 0 Å². The number of carbonyl (C=O) groups excluding carboxylic acids is 3. The van der Waals surface area contributed by atoms with Crippen molar-refractivity contribution in [2.45, 2.75) is 19.9 Å². The van der Waals surface area contributed by atoms with E-state index in [0.29, 0.717) is 66.9 Å². The maximum absolute atomic E-state index is 13.6. The fourth-order valence-electron chi connectivity index (χ4n) is 5.34. The zero-order valence-electron chi connectivity index (χ0n) is 23.6. The van der Waals surface area contributed by atoms with Crippen LogP contribution in [0.25, 0.3) is 5.76 Å². The Hall–Kier alpha value is -4.03. The second-order valence-corrected chi connectivity index (χ2v) is 9.52. The number of ketones is 1. The van der Waals surface area contributed by atoms with Crippen LogP contribution < -0.4 is 14.2 Å². The monoisotopic (exact) mass is 557 g/mol. The Bertz CT molecular complexity index is 1320. The molecule has 1 aromatic heterocycles. The van der Waals surface area contributed by atoms with Gasteiger partial charge < -0.3 is 38.7 Å². The number of likely N-dealkylation sites (tertiary alicyclic amines) is 1. The second kappa shape index (κ2) is 12.0. The number of aromatic amines is 1. The summed E-state index contributed by atoms with van der Waals surface area (Å²) in [7, 11) is 5.67. The lowest BCUT2D eigenvalue weighted by atomic mass is 9.93. The standard InChI is InChI=1S/C28H35N3O9/c1-15-20(16(2)29-22(15)28(35)39-6)24(32)21-23(17-13-18(36-3)26(38-5)19(14-17)37-4)31(27(34)25(21)33)8-7-30-9-11-40-12-10-30/h13-14,23,29,32H,7-12H2,1-6H3/b24-21+/t23-/m0/s1. The quantitative estimate of drug-likeness (QED) is 0.204. The van der Waals surface area contributed by atoms with Crippen LogP contribution >= 0.6 is 0 Å². The number of carbonyl (C=O) groups is 3. The molecule has 12 nitrogen and oxygen atoms in total. The van der Waals surface area contributed by atoms with E-state index in [-0.39, 0.29) is 23.4 Å². The molecular formula is C28H35N3O9. The summed E-state index contributed by atoms with van der Waals surface area (Å²) in [6.07, 6.45) is 0. The molecule has 40 heavy (non-hydrogen) atoms. The summed E-state index contributed by atoms with van der Waals surface area (Å²) in [4.78, 5) is 45.9. The van der Waals surface area contributed by atoms with E-state index in [0.717, 1.165) is 0 Å². The van der Waals surface area contributed by atoms with E-state index in [1.807, 2.05) is 0 Å². The lowest BCUT2D eigenvalue weighted by Gasteiger charge is -2.31. The van der Waals surface area contributed by atoms with Gasteiger partial charge in [-0.3, -0.25) is 14.5 Å². The molecule has 1 atom stereocenters. The van der Waals surface area contributed by atoms with Crippen LogP contribution in [0, 0.1) is 13.8 Å². The van der Waals surface area contributed by atoms with Gasteiger partial charge >= 0.3 is 5.97 Å². The number of aliphatic hydroxyl groups is 1. The molecule has 0 bridgehead atoms. The highest BCUT2D eigenvalue weighted by atomic mass is 16.5. The molecule has 2 fully saturated rings. The molecule has 4 rings (SSSR count). The number of aryl methyl sites for hydroxylation is 1. The van der Waals surface area contributed by atoms with Gasteiger partial charge in [0.2, 0.25) is 5.75 Å². The smallest absolute Gasteiger partial charge is 0.354 e. The molecule has 1 aromatic carbocycles. The molecular weight excluding hydrogens is 522 g/mol. The zero-order chi connectivity index (χ0) is 29.1. The van der Waals surface area contributed by atoms with E-state index in [1.165, 1.54) is 33.3 Å². The van der Waals surface area contributed by atoms with E-state index in [1.54, 1.807) is 26.0 Å². The molecule has 0 unspecified atom stereocenters. The molecule has 0 aliphatic carbocycles. The van der Waals surface area contributed by atoms with Crippen LogP contribution in [0.3, 0.4) is 0 Å². The molecule has 0 spiro atoms.